The van der Waals surface area contributed by atoms with Crippen molar-refractivity contribution < 1.29 is 9.18 Å². The lowest BCUT2D eigenvalue weighted by molar-refractivity contribution is 0.102. The van der Waals surface area contributed by atoms with E-state index in [2.05, 4.69) is 15.3 Å². The van der Waals surface area contributed by atoms with Gasteiger partial charge in [0.2, 0.25) is 0 Å². The molecule has 24 heavy (non-hydrogen) atoms. The number of carbonyl (C=O) groups excluding carboxylic acids is 1. The first-order chi connectivity index (χ1) is 11.5. The molecule has 1 aromatic heterocycles. The van der Waals surface area contributed by atoms with E-state index in [9.17, 15) is 9.18 Å². The van der Waals surface area contributed by atoms with E-state index in [0.717, 1.165) is 16.8 Å². The smallest absolute Gasteiger partial charge is 0.258 e. The first kappa shape index (κ1) is 15.8. The van der Waals surface area contributed by atoms with Crippen LogP contribution >= 0.6 is 0 Å². The van der Waals surface area contributed by atoms with E-state index < -0.39 is 0 Å². The van der Waals surface area contributed by atoms with Crippen molar-refractivity contribution in [2.75, 3.05) is 5.32 Å². The monoisotopic (exact) mass is 321 g/mol. The lowest BCUT2D eigenvalue weighted by Gasteiger charge is -2.10. The lowest BCUT2D eigenvalue weighted by Crippen LogP contribution is -2.14. The summed E-state index contributed by atoms with van der Waals surface area (Å²) in [6.07, 6.45) is 2.88. The molecule has 0 saturated heterocycles. The largest absolute Gasteiger partial charge is 0.322 e. The van der Waals surface area contributed by atoms with E-state index >= 15 is 0 Å². The molecule has 0 radical (unpaired) electrons. The molecule has 3 aromatic rings. The van der Waals surface area contributed by atoms with E-state index in [4.69, 9.17) is 0 Å². The van der Waals surface area contributed by atoms with Crippen molar-refractivity contribution in [3.8, 4) is 11.4 Å². The van der Waals surface area contributed by atoms with Crippen LogP contribution in [0.2, 0.25) is 0 Å². The Balaban J connectivity index is 1.80. The Bertz CT molecular complexity index is 891. The van der Waals surface area contributed by atoms with Gasteiger partial charge in [0.25, 0.3) is 5.91 Å². The van der Waals surface area contributed by atoms with Crippen molar-refractivity contribution in [3.05, 3.63) is 77.4 Å². The number of rotatable bonds is 3. The van der Waals surface area contributed by atoms with E-state index in [1.54, 1.807) is 12.1 Å². The fourth-order valence-corrected chi connectivity index (χ4v) is 2.30. The summed E-state index contributed by atoms with van der Waals surface area (Å²) in [4.78, 5) is 20.6. The Labute approximate surface area is 139 Å². The lowest BCUT2D eigenvalue weighted by atomic mass is 10.1. The summed E-state index contributed by atoms with van der Waals surface area (Å²) in [5.74, 6) is -0.264. The van der Waals surface area contributed by atoms with Crippen LogP contribution in [0.15, 0.2) is 54.9 Å². The summed E-state index contributed by atoms with van der Waals surface area (Å²) in [6, 6.07) is 11.7. The maximum atomic E-state index is 13.3. The summed E-state index contributed by atoms with van der Waals surface area (Å²) in [7, 11) is 0. The fraction of sp³-hybridized carbons (Fsp3) is 0.105. The van der Waals surface area contributed by atoms with Gasteiger partial charge >= 0.3 is 0 Å². The summed E-state index contributed by atoms with van der Waals surface area (Å²) >= 11 is 0. The van der Waals surface area contributed by atoms with Gasteiger partial charge in [-0.25, -0.2) is 14.4 Å². The van der Waals surface area contributed by atoms with E-state index in [-0.39, 0.29) is 11.7 Å². The molecular weight excluding hydrogens is 305 g/mol. The Morgan fingerprint density at radius 2 is 1.75 bits per heavy atom. The van der Waals surface area contributed by atoms with E-state index in [0.29, 0.717) is 17.0 Å². The standard InChI is InChI=1S/C19H16FN3O/c1-12-5-3-8-17(13(12)2)23-19(24)15-10-21-18(22-11-15)14-6-4-7-16(20)9-14/h3-11H,1-2H3,(H,23,24). The number of amides is 1. The van der Waals surface area contributed by atoms with Crippen LogP contribution in [0.3, 0.4) is 0 Å². The molecule has 0 saturated carbocycles. The second kappa shape index (κ2) is 6.58. The molecule has 0 unspecified atom stereocenters. The minimum absolute atomic E-state index is 0.283. The van der Waals surface area contributed by atoms with Crippen LogP contribution in [0.5, 0.6) is 0 Å². The molecule has 120 valence electrons. The highest BCUT2D eigenvalue weighted by molar-refractivity contribution is 6.04. The van der Waals surface area contributed by atoms with Crippen LogP contribution in [0, 0.1) is 19.7 Å². The molecule has 0 fully saturated rings. The third-order valence-electron chi connectivity index (χ3n) is 3.85. The summed E-state index contributed by atoms with van der Waals surface area (Å²) in [5, 5.41) is 2.86. The Hall–Kier alpha value is -3.08. The molecule has 1 N–H and O–H groups in total. The first-order valence-corrected chi connectivity index (χ1v) is 7.50. The van der Waals surface area contributed by atoms with Gasteiger partial charge in [-0.1, -0.05) is 24.3 Å². The van der Waals surface area contributed by atoms with Gasteiger partial charge in [-0.3, -0.25) is 4.79 Å². The van der Waals surface area contributed by atoms with E-state index in [1.807, 2.05) is 32.0 Å². The number of hydrogen-bond acceptors (Lipinski definition) is 3. The minimum Gasteiger partial charge on any atom is -0.322 e. The third-order valence-corrected chi connectivity index (χ3v) is 3.85. The Kier molecular flexibility index (Phi) is 4.33. The van der Waals surface area contributed by atoms with Gasteiger partial charge in [-0.05, 0) is 43.2 Å². The molecule has 5 heteroatoms. The van der Waals surface area contributed by atoms with Gasteiger partial charge < -0.3 is 5.32 Å². The normalized spacial score (nSPS) is 10.5. The zero-order valence-electron chi connectivity index (χ0n) is 13.4. The number of hydrogen-bond donors (Lipinski definition) is 1. The molecule has 0 bridgehead atoms. The Morgan fingerprint density at radius 3 is 2.46 bits per heavy atom. The predicted octanol–water partition coefficient (Wildman–Crippen LogP) is 4.15. The molecule has 0 aliphatic heterocycles. The molecule has 1 heterocycles. The van der Waals surface area contributed by atoms with Crippen LogP contribution in [0.25, 0.3) is 11.4 Å². The second-order valence-corrected chi connectivity index (χ2v) is 5.51. The highest BCUT2D eigenvalue weighted by Gasteiger charge is 2.10. The number of aromatic nitrogens is 2. The number of aryl methyl sites for hydroxylation is 1. The maximum absolute atomic E-state index is 13.3. The van der Waals surface area contributed by atoms with Crippen molar-refractivity contribution in [1.29, 1.82) is 0 Å². The van der Waals surface area contributed by atoms with Gasteiger partial charge in [-0.15, -0.1) is 0 Å². The van der Waals surface area contributed by atoms with Crippen molar-refractivity contribution in [2.24, 2.45) is 0 Å². The second-order valence-electron chi connectivity index (χ2n) is 5.51. The van der Waals surface area contributed by atoms with E-state index in [1.165, 1.54) is 24.5 Å². The number of nitrogens with zero attached hydrogens (tertiary/aromatic N) is 2. The van der Waals surface area contributed by atoms with Crippen molar-refractivity contribution >= 4 is 11.6 Å². The first-order valence-electron chi connectivity index (χ1n) is 7.50. The molecule has 3 rings (SSSR count). The predicted molar refractivity (Wildman–Crippen MR) is 91.3 cm³/mol. The van der Waals surface area contributed by atoms with Crippen LogP contribution in [-0.2, 0) is 0 Å². The van der Waals surface area contributed by atoms with Crippen LogP contribution in [0.1, 0.15) is 21.5 Å². The molecule has 2 aromatic carbocycles. The minimum atomic E-state index is -0.354. The average molecular weight is 321 g/mol. The number of nitrogens with one attached hydrogen (secondary N) is 1. The SMILES string of the molecule is Cc1cccc(NC(=O)c2cnc(-c3cccc(F)c3)nc2)c1C. The fourth-order valence-electron chi connectivity index (χ4n) is 2.30. The van der Waals surface area contributed by atoms with Crippen LogP contribution in [-0.4, -0.2) is 15.9 Å². The average Bonchev–Trinajstić information content (AvgIpc) is 2.59. The van der Waals surface area contributed by atoms with Gasteiger partial charge in [0, 0.05) is 23.6 Å². The van der Waals surface area contributed by atoms with Crippen molar-refractivity contribution in [3.63, 3.8) is 0 Å². The summed E-state index contributed by atoms with van der Waals surface area (Å²) in [6.45, 7) is 3.94. The van der Waals surface area contributed by atoms with Gasteiger partial charge in [0.05, 0.1) is 5.56 Å². The molecule has 0 atom stereocenters. The van der Waals surface area contributed by atoms with Gasteiger partial charge in [-0.2, -0.15) is 0 Å². The third kappa shape index (κ3) is 3.30. The summed E-state index contributed by atoms with van der Waals surface area (Å²) < 4.78 is 13.3. The summed E-state index contributed by atoms with van der Waals surface area (Å²) in [5.41, 5.74) is 3.79. The zero-order chi connectivity index (χ0) is 17.1. The number of benzene rings is 2. The van der Waals surface area contributed by atoms with Crippen LogP contribution in [0.4, 0.5) is 10.1 Å². The molecule has 4 nitrogen and oxygen atoms in total. The molecular formula is C19H16FN3O. The number of anilines is 1. The molecule has 0 aliphatic carbocycles. The zero-order valence-corrected chi connectivity index (χ0v) is 13.4. The Morgan fingerprint density at radius 1 is 1.04 bits per heavy atom. The van der Waals surface area contributed by atoms with Gasteiger partial charge in [0.15, 0.2) is 5.82 Å². The van der Waals surface area contributed by atoms with Crippen molar-refractivity contribution in [2.45, 2.75) is 13.8 Å². The highest BCUT2D eigenvalue weighted by atomic mass is 19.1. The van der Waals surface area contributed by atoms with Gasteiger partial charge in [0.1, 0.15) is 5.82 Å². The van der Waals surface area contributed by atoms with Crippen molar-refractivity contribution in [1.82, 2.24) is 9.97 Å². The number of halogens is 1. The number of carbonyl (C=O) groups is 1. The molecule has 0 spiro atoms. The topological polar surface area (TPSA) is 54.9 Å². The van der Waals surface area contributed by atoms with Crippen LogP contribution < -0.4 is 5.32 Å². The molecule has 0 aliphatic rings. The quantitative estimate of drug-likeness (QED) is 0.788. The maximum Gasteiger partial charge on any atom is 0.258 e. The molecule has 1 amide bonds. The highest BCUT2D eigenvalue weighted by Crippen LogP contribution is 2.19.